The third-order valence-corrected chi connectivity index (χ3v) is 4.14. The van der Waals surface area contributed by atoms with Gasteiger partial charge in [0.1, 0.15) is 0 Å². The first-order valence-electron chi connectivity index (χ1n) is 6.95. The first-order chi connectivity index (χ1) is 8.63. The summed E-state index contributed by atoms with van der Waals surface area (Å²) in [6.45, 7) is 4.04. The van der Waals surface area contributed by atoms with Gasteiger partial charge in [-0.25, -0.2) is 0 Å². The van der Waals surface area contributed by atoms with Crippen molar-refractivity contribution in [2.45, 2.75) is 51.1 Å². The van der Waals surface area contributed by atoms with Crippen LogP contribution >= 0.6 is 0 Å². The second-order valence-corrected chi connectivity index (χ2v) is 5.30. The van der Waals surface area contributed by atoms with E-state index in [1.165, 1.54) is 0 Å². The number of hydrogen-bond donors (Lipinski definition) is 1. The van der Waals surface area contributed by atoms with E-state index in [-0.39, 0.29) is 11.8 Å². The van der Waals surface area contributed by atoms with Crippen LogP contribution in [0.15, 0.2) is 0 Å². The Morgan fingerprint density at radius 3 is 2.50 bits per heavy atom. The van der Waals surface area contributed by atoms with Crippen LogP contribution in [0.2, 0.25) is 0 Å². The molecule has 0 aromatic heterocycles. The van der Waals surface area contributed by atoms with Crippen LogP contribution in [0, 0.1) is 0 Å². The molecule has 2 amide bonds. The molecule has 0 spiro atoms. The Morgan fingerprint density at radius 2 is 1.83 bits per heavy atom. The normalized spacial score (nSPS) is 28.8. The number of amides is 2. The molecule has 2 aliphatic rings. The molecular formula is C13H23N3O2. The summed E-state index contributed by atoms with van der Waals surface area (Å²) in [5, 5.41) is 0. The first-order valence-corrected chi connectivity index (χ1v) is 6.95. The zero-order valence-electron chi connectivity index (χ0n) is 11.1. The third kappa shape index (κ3) is 2.66. The summed E-state index contributed by atoms with van der Waals surface area (Å²) in [5.41, 5.74) is 5.29. The maximum atomic E-state index is 11.9. The minimum Gasteiger partial charge on any atom is -0.369 e. The van der Waals surface area contributed by atoms with Gasteiger partial charge in [-0.15, -0.1) is 0 Å². The van der Waals surface area contributed by atoms with Gasteiger partial charge < -0.3 is 10.6 Å². The van der Waals surface area contributed by atoms with Gasteiger partial charge in [-0.1, -0.05) is 6.92 Å². The topological polar surface area (TPSA) is 66.6 Å². The van der Waals surface area contributed by atoms with Crippen molar-refractivity contribution in [3.8, 4) is 0 Å². The van der Waals surface area contributed by atoms with Crippen molar-refractivity contribution < 1.29 is 9.59 Å². The molecule has 0 bridgehead atoms. The first kappa shape index (κ1) is 13.3. The fraction of sp³-hybridized carbons (Fsp3) is 0.846. The lowest BCUT2D eigenvalue weighted by Crippen LogP contribution is -2.49. The molecule has 0 aromatic carbocycles. The number of rotatable bonds is 4. The van der Waals surface area contributed by atoms with E-state index in [1.54, 1.807) is 0 Å². The largest absolute Gasteiger partial charge is 0.369 e. The van der Waals surface area contributed by atoms with Crippen LogP contribution in [0.4, 0.5) is 0 Å². The van der Waals surface area contributed by atoms with E-state index in [0.29, 0.717) is 25.0 Å². The van der Waals surface area contributed by atoms with Gasteiger partial charge in [-0.2, -0.15) is 0 Å². The molecule has 18 heavy (non-hydrogen) atoms. The van der Waals surface area contributed by atoms with Crippen molar-refractivity contribution >= 4 is 11.8 Å². The minimum absolute atomic E-state index is 0.239. The van der Waals surface area contributed by atoms with Crippen LogP contribution < -0.4 is 5.73 Å². The van der Waals surface area contributed by atoms with Gasteiger partial charge in [-0.05, 0) is 32.2 Å². The molecule has 2 atom stereocenters. The van der Waals surface area contributed by atoms with Crippen LogP contribution in [0.5, 0.6) is 0 Å². The Bertz CT molecular complexity index is 332. The van der Waals surface area contributed by atoms with Gasteiger partial charge in [0.15, 0.2) is 0 Å². The van der Waals surface area contributed by atoms with E-state index in [1.807, 2.05) is 11.8 Å². The number of carbonyl (C=O) groups excluding carboxylic acids is 2. The standard InChI is InChI=1S/C13H23N3O2/c1-2-13(18)16-8-4-6-11(16)10-5-3-7-15(10)9-12(14)17/h10-11H,2-9H2,1H3,(H2,14,17)/t10-,11-/m0/s1. The summed E-state index contributed by atoms with van der Waals surface area (Å²) in [4.78, 5) is 27.2. The molecule has 2 heterocycles. The van der Waals surface area contributed by atoms with Gasteiger partial charge in [0, 0.05) is 25.0 Å². The molecule has 2 N–H and O–H groups in total. The Kier molecular flexibility index (Phi) is 4.22. The van der Waals surface area contributed by atoms with Crippen LogP contribution in [-0.4, -0.2) is 53.3 Å². The lowest BCUT2D eigenvalue weighted by atomic mass is 10.0. The molecule has 0 radical (unpaired) electrons. The van der Waals surface area contributed by atoms with Gasteiger partial charge >= 0.3 is 0 Å². The van der Waals surface area contributed by atoms with E-state index in [9.17, 15) is 9.59 Å². The smallest absolute Gasteiger partial charge is 0.231 e. The quantitative estimate of drug-likeness (QED) is 0.785. The van der Waals surface area contributed by atoms with Gasteiger partial charge in [0.05, 0.1) is 6.54 Å². The highest BCUT2D eigenvalue weighted by molar-refractivity contribution is 5.77. The Balaban J connectivity index is 2.04. The predicted octanol–water partition coefficient (Wildman–Crippen LogP) is 0.337. The number of nitrogens with zero attached hydrogens (tertiary/aromatic N) is 2. The molecule has 5 nitrogen and oxygen atoms in total. The SMILES string of the molecule is CCC(=O)N1CCC[C@H]1[C@@H]1CCCN1CC(N)=O. The maximum absolute atomic E-state index is 11.9. The molecule has 0 saturated carbocycles. The minimum atomic E-state index is -0.270. The van der Waals surface area contributed by atoms with Crippen LogP contribution in [0.3, 0.4) is 0 Å². The highest BCUT2D eigenvalue weighted by Gasteiger charge is 2.39. The predicted molar refractivity (Wildman–Crippen MR) is 68.8 cm³/mol. The summed E-state index contributed by atoms with van der Waals surface area (Å²) < 4.78 is 0. The molecule has 2 aliphatic heterocycles. The monoisotopic (exact) mass is 253 g/mol. The van der Waals surface area contributed by atoms with E-state index >= 15 is 0 Å². The molecule has 5 heteroatoms. The lowest BCUT2D eigenvalue weighted by Gasteiger charge is -2.34. The molecule has 102 valence electrons. The summed E-state index contributed by atoms with van der Waals surface area (Å²) in [5.74, 6) is -0.0308. The van der Waals surface area contributed by atoms with E-state index in [2.05, 4.69) is 4.90 Å². The van der Waals surface area contributed by atoms with E-state index < -0.39 is 0 Å². The third-order valence-electron chi connectivity index (χ3n) is 4.14. The molecule has 0 aromatic rings. The van der Waals surface area contributed by atoms with Crippen molar-refractivity contribution in [2.24, 2.45) is 5.73 Å². The van der Waals surface area contributed by atoms with Crippen molar-refractivity contribution in [3.05, 3.63) is 0 Å². The molecular weight excluding hydrogens is 230 g/mol. The van der Waals surface area contributed by atoms with Crippen LogP contribution in [0.25, 0.3) is 0 Å². The van der Waals surface area contributed by atoms with Crippen LogP contribution in [-0.2, 0) is 9.59 Å². The van der Waals surface area contributed by atoms with Crippen molar-refractivity contribution in [1.29, 1.82) is 0 Å². The molecule has 2 fully saturated rings. The maximum Gasteiger partial charge on any atom is 0.231 e. The summed E-state index contributed by atoms with van der Waals surface area (Å²) >= 11 is 0. The van der Waals surface area contributed by atoms with E-state index in [4.69, 9.17) is 5.73 Å². The molecule has 2 rings (SSSR count). The molecule has 0 unspecified atom stereocenters. The summed E-state index contributed by atoms with van der Waals surface area (Å²) in [6.07, 6.45) is 4.88. The fourth-order valence-corrected chi connectivity index (χ4v) is 3.39. The molecule has 2 saturated heterocycles. The highest BCUT2D eigenvalue weighted by atomic mass is 16.2. The summed E-state index contributed by atoms with van der Waals surface area (Å²) in [6, 6.07) is 0.620. The van der Waals surface area contributed by atoms with Gasteiger partial charge in [-0.3, -0.25) is 14.5 Å². The van der Waals surface area contributed by atoms with Gasteiger partial charge in [0.2, 0.25) is 11.8 Å². The van der Waals surface area contributed by atoms with Crippen molar-refractivity contribution in [3.63, 3.8) is 0 Å². The van der Waals surface area contributed by atoms with Crippen molar-refractivity contribution in [2.75, 3.05) is 19.6 Å². The van der Waals surface area contributed by atoms with E-state index in [0.717, 1.165) is 38.8 Å². The summed E-state index contributed by atoms with van der Waals surface area (Å²) in [7, 11) is 0. The van der Waals surface area contributed by atoms with Gasteiger partial charge in [0.25, 0.3) is 0 Å². The highest BCUT2D eigenvalue weighted by Crippen LogP contribution is 2.30. The number of nitrogens with two attached hydrogens (primary N) is 1. The Hall–Kier alpha value is -1.10. The molecule has 0 aliphatic carbocycles. The number of primary amides is 1. The zero-order chi connectivity index (χ0) is 13.1. The van der Waals surface area contributed by atoms with Crippen LogP contribution in [0.1, 0.15) is 39.0 Å². The second kappa shape index (κ2) is 5.69. The zero-order valence-corrected chi connectivity index (χ0v) is 11.1. The lowest BCUT2D eigenvalue weighted by molar-refractivity contribution is -0.132. The van der Waals surface area contributed by atoms with Crippen molar-refractivity contribution in [1.82, 2.24) is 9.80 Å². The number of hydrogen-bond acceptors (Lipinski definition) is 3. The Morgan fingerprint density at radius 1 is 1.17 bits per heavy atom. The fourth-order valence-electron chi connectivity index (χ4n) is 3.39. The number of carbonyl (C=O) groups is 2. The second-order valence-electron chi connectivity index (χ2n) is 5.30. The average Bonchev–Trinajstić information content (AvgIpc) is 2.94. The average molecular weight is 253 g/mol. The Labute approximate surface area is 108 Å². The number of likely N-dealkylation sites (tertiary alicyclic amines) is 2.